The Morgan fingerprint density at radius 3 is 0.800 bits per heavy atom. The van der Waals surface area contributed by atoms with E-state index < -0.39 is 33.9 Å². The van der Waals surface area contributed by atoms with E-state index in [1.54, 1.807) is 0 Å². The van der Waals surface area contributed by atoms with E-state index in [2.05, 4.69) is 0 Å². The third kappa shape index (κ3) is 14.4. The smallest absolute Gasteiger partial charge is 0.709 e. The predicted octanol–water partition coefficient (Wildman–Crippen LogP) is -2.90. The van der Waals surface area contributed by atoms with Gasteiger partial charge in [0.2, 0.25) is 0 Å². The molecule has 0 amide bonds. The number of hydrogen-bond donors (Lipinski definition) is 0. The first kappa shape index (κ1) is 20.8. The molecule has 0 saturated carbocycles. The number of rotatable bonds is 2. The average molecular weight is 345 g/mol. The summed E-state index contributed by atoms with van der Waals surface area (Å²) in [6.45, 7) is 0. The molecule has 0 spiro atoms. The number of hydrogen-bond acceptors (Lipinski definition) is 10. The van der Waals surface area contributed by atoms with Gasteiger partial charge in [-0.2, -0.15) is 16.8 Å². The van der Waals surface area contributed by atoms with Crippen molar-refractivity contribution >= 4 is 33.9 Å². The summed E-state index contributed by atoms with van der Waals surface area (Å²) in [5, 5.41) is 0. The van der Waals surface area contributed by atoms with Crippen molar-refractivity contribution in [2.75, 3.05) is 0 Å². The molecule has 0 radical (unpaired) electrons. The molecular weight excluding hydrogens is 345 g/mol. The van der Waals surface area contributed by atoms with Gasteiger partial charge in [-0.25, -0.2) is 0 Å². The van der Waals surface area contributed by atoms with E-state index >= 15 is 0 Å². The second-order valence-corrected chi connectivity index (χ2v) is 8.38. The molecule has 2 unspecified atom stereocenters. The Morgan fingerprint density at radius 1 is 0.733 bits per heavy atom. The van der Waals surface area contributed by atoms with Crippen LogP contribution in [0.4, 0.5) is 0 Å². The maximum Gasteiger partial charge on any atom is 2.00 e. The van der Waals surface area contributed by atoms with E-state index in [-0.39, 0.29) is 16.5 Å². The summed E-state index contributed by atoms with van der Waals surface area (Å²) in [5.41, 5.74) is 0. The van der Waals surface area contributed by atoms with Gasteiger partial charge in [-0.15, -0.1) is 0 Å². The first-order valence-electron chi connectivity index (χ1n) is 2.10. The fourth-order valence-corrected chi connectivity index (χ4v) is 0. The van der Waals surface area contributed by atoms with Crippen LogP contribution in [-0.4, -0.2) is 25.9 Å². The Bertz CT molecular complexity index is 372. The van der Waals surface area contributed by atoms with Crippen LogP contribution in [0, 0.1) is 0 Å². The summed E-state index contributed by atoms with van der Waals surface area (Å²) in [7, 11) is -17.7. The van der Waals surface area contributed by atoms with Gasteiger partial charge in [0.15, 0.2) is 0 Å². The second-order valence-electron chi connectivity index (χ2n) is 1.30. The first-order chi connectivity index (χ1) is 5.89. The topological polar surface area (TPSA) is 195 Å². The van der Waals surface area contributed by atoms with Crippen LogP contribution < -0.4 is 9.79 Å². The molecule has 0 aromatic carbocycles. The second kappa shape index (κ2) is 7.67. The van der Waals surface area contributed by atoms with Crippen LogP contribution in [0.1, 0.15) is 0 Å². The van der Waals surface area contributed by atoms with Crippen molar-refractivity contribution in [1.29, 1.82) is 0 Å². The fraction of sp³-hybridized carbons (Fsp3) is 0. The molecule has 15 heavy (non-hydrogen) atoms. The molecular formula is NiO10P2S2. The van der Waals surface area contributed by atoms with Crippen molar-refractivity contribution in [3.63, 3.8) is 0 Å². The molecule has 0 rings (SSSR count). The Balaban J connectivity index is -0.000000180. The van der Waals surface area contributed by atoms with Crippen molar-refractivity contribution in [3.05, 3.63) is 0 Å². The molecule has 10 nitrogen and oxygen atoms in total. The largest absolute Gasteiger partial charge is 2.00 e. The van der Waals surface area contributed by atoms with Gasteiger partial charge < -0.3 is 18.9 Å². The van der Waals surface area contributed by atoms with Gasteiger partial charge in [0.25, 0.3) is 0 Å². The van der Waals surface area contributed by atoms with Crippen LogP contribution in [0.5, 0.6) is 0 Å². The Kier molecular flexibility index (Phi) is 10.6. The van der Waals surface area contributed by atoms with Crippen molar-refractivity contribution in [3.8, 4) is 0 Å². The van der Waals surface area contributed by atoms with Crippen LogP contribution >= 0.6 is 14.5 Å². The van der Waals surface area contributed by atoms with Crippen LogP contribution in [0.3, 0.4) is 0 Å². The van der Waals surface area contributed by atoms with Gasteiger partial charge in [-0.05, 0) is 0 Å². The third-order valence-corrected chi connectivity index (χ3v) is 3.29. The maximum absolute atomic E-state index is 9.18. The van der Waals surface area contributed by atoms with Gasteiger partial charge in [0.05, 0.1) is 0 Å². The summed E-state index contributed by atoms with van der Waals surface area (Å²) in [5.74, 6) is 0. The van der Waals surface area contributed by atoms with Gasteiger partial charge in [0, 0.05) is 0 Å². The van der Waals surface area contributed by atoms with Crippen LogP contribution in [0.2, 0.25) is 0 Å². The quantitative estimate of drug-likeness (QED) is 0.284. The predicted molar refractivity (Wildman–Crippen MR) is 34.6 cm³/mol. The van der Waals surface area contributed by atoms with E-state index in [0.717, 1.165) is 0 Å². The minimum absolute atomic E-state index is 0. The molecule has 0 aliphatic carbocycles. The summed E-state index contributed by atoms with van der Waals surface area (Å²) in [6.07, 6.45) is 0. The van der Waals surface area contributed by atoms with E-state index in [9.17, 15) is 25.9 Å². The van der Waals surface area contributed by atoms with Crippen molar-refractivity contribution in [1.82, 2.24) is 0 Å². The fourth-order valence-electron chi connectivity index (χ4n) is 0. The zero-order chi connectivity index (χ0) is 12.2. The standard InChI is InChI=1S/Ni.2HO5PS/c;2*1-6(2)7(3,4)5/h;2*(H,3,4,5)/q+2;;/p-2. The minimum Gasteiger partial charge on any atom is -0.709 e. The molecule has 15 heteroatoms. The zero-order valence-corrected chi connectivity index (χ0v) is 10.5. The summed E-state index contributed by atoms with van der Waals surface area (Å²) in [6, 6.07) is 0. The third-order valence-electron chi connectivity index (χ3n) is 0.365. The zero-order valence-electron chi connectivity index (χ0n) is 6.11. The van der Waals surface area contributed by atoms with E-state index in [4.69, 9.17) is 18.9 Å². The maximum atomic E-state index is 9.18. The van der Waals surface area contributed by atoms with Crippen molar-refractivity contribution in [2.24, 2.45) is 0 Å². The molecule has 0 saturated heterocycles. The minimum atomic E-state index is -5.04. The normalized spacial score (nSPS) is 12.8. The molecule has 0 bridgehead atoms. The molecule has 2 atom stereocenters. The molecule has 0 heterocycles. The Labute approximate surface area is 95.4 Å². The van der Waals surface area contributed by atoms with Gasteiger partial charge in [-0.1, -0.05) is 9.13 Å². The summed E-state index contributed by atoms with van der Waals surface area (Å²) in [4.78, 5) is 18.3. The molecule has 0 fully saturated rings. The summed E-state index contributed by atoms with van der Waals surface area (Å²) < 4.78 is 73.4. The molecule has 0 N–H and O–H groups in total. The Hall–Kier alpha value is 0.434. The average Bonchev–Trinajstić information content (AvgIpc) is 1.83. The van der Waals surface area contributed by atoms with Gasteiger partial charge >= 0.3 is 50.4 Å². The van der Waals surface area contributed by atoms with Crippen LogP contribution in [0.15, 0.2) is 0 Å². The van der Waals surface area contributed by atoms with Gasteiger partial charge in [0.1, 0.15) is 0 Å². The van der Waals surface area contributed by atoms with Gasteiger partial charge in [-0.3, -0.25) is 0 Å². The van der Waals surface area contributed by atoms with E-state index in [1.165, 1.54) is 0 Å². The van der Waals surface area contributed by atoms with Crippen LogP contribution in [-0.2, 0) is 45.1 Å². The SMILES string of the molecule is O=[P+]([O-])S(=O)(=O)[O-].O=[P+]([O-])S(=O)(=O)[O-].[Ni+2]. The summed E-state index contributed by atoms with van der Waals surface area (Å²) >= 11 is 0. The van der Waals surface area contributed by atoms with Crippen molar-refractivity contribution in [2.45, 2.75) is 0 Å². The monoisotopic (exact) mass is 344 g/mol. The molecule has 0 aromatic rings. The molecule has 0 aromatic heterocycles. The molecule has 0 aliphatic heterocycles. The Morgan fingerprint density at radius 2 is 0.800 bits per heavy atom. The van der Waals surface area contributed by atoms with Crippen LogP contribution in [0.25, 0.3) is 0 Å². The first-order valence-corrected chi connectivity index (χ1v) is 8.48. The van der Waals surface area contributed by atoms with E-state index in [1.807, 2.05) is 0 Å². The van der Waals surface area contributed by atoms with E-state index in [0.29, 0.717) is 0 Å². The molecule has 0 aliphatic rings. The van der Waals surface area contributed by atoms with Crippen molar-refractivity contribution < 1.29 is 61.3 Å². The molecule has 92 valence electrons.